The normalized spacial score (nSPS) is 14.2. The average molecular weight is 467 g/mol. The fourth-order valence-electron chi connectivity index (χ4n) is 4.51. The van der Waals surface area contributed by atoms with E-state index >= 15 is 0 Å². The van der Waals surface area contributed by atoms with Crippen molar-refractivity contribution in [1.82, 2.24) is 9.88 Å². The Labute approximate surface area is 206 Å². The van der Waals surface area contributed by atoms with Crippen molar-refractivity contribution in [3.8, 4) is 22.6 Å². The number of carbonyl (C=O) groups is 1. The zero-order valence-electron chi connectivity index (χ0n) is 20.2. The van der Waals surface area contributed by atoms with Crippen LogP contribution in [0.1, 0.15) is 11.1 Å². The molecule has 5 rings (SSSR count). The molecule has 1 aliphatic heterocycles. The summed E-state index contributed by atoms with van der Waals surface area (Å²) in [4.78, 5) is 21.9. The predicted molar refractivity (Wildman–Crippen MR) is 141 cm³/mol. The molecule has 3 aromatic carbocycles. The first kappa shape index (κ1) is 22.9. The van der Waals surface area contributed by atoms with E-state index in [0.717, 1.165) is 65.6 Å². The third kappa shape index (κ3) is 5.12. The van der Waals surface area contributed by atoms with Crippen molar-refractivity contribution in [2.75, 3.05) is 42.9 Å². The van der Waals surface area contributed by atoms with Crippen molar-refractivity contribution in [2.24, 2.45) is 0 Å². The van der Waals surface area contributed by atoms with Gasteiger partial charge in [0.15, 0.2) is 5.76 Å². The second-order valence-corrected chi connectivity index (χ2v) is 8.98. The van der Waals surface area contributed by atoms with Crippen LogP contribution in [-0.4, -0.2) is 48.5 Å². The van der Waals surface area contributed by atoms with Crippen molar-refractivity contribution in [3.05, 3.63) is 90.0 Å². The molecule has 0 radical (unpaired) electrons. The predicted octanol–water partition coefficient (Wildman–Crippen LogP) is 5.39. The Hall–Kier alpha value is -3.90. The van der Waals surface area contributed by atoms with Crippen LogP contribution in [0.15, 0.2) is 83.3 Å². The Morgan fingerprint density at radius 2 is 1.43 bits per heavy atom. The van der Waals surface area contributed by atoms with E-state index in [0.29, 0.717) is 12.6 Å². The number of para-hydroxylation sites is 1. The van der Waals surface area contributed by atoms with Gasteiger partial charge >= 0.3 is 0 Å². The Morgan fingerprint density at radius 3 is 2.06 bits per heavy atom. The molecule has 1 aliphatic rings. The minimum absolute atomic E-state index is 0.0182. The molecule has 2 heterocycles. The van der Waals surface area contributed by atoms with Crippen LogP contribution < -0.4 is 10.2 Å². The quantitative estimate of drug-likeness (QED) is 0.413. The first-order valence-corrected chi connectivity index (χ1v) is 12.0. The van der Waals surface area contributed by atoms with Gasteiger partial charge in [-0.05, 0) is 25.0 Å². The average Bonchev–Trinajstić information content (AvgIpc) is 3.33. The highest BCUT2D eigenvalue weighted by molar-refractivity contribution is 5.93. The van der Waals surface area contributed by atoms with Gasteiger partial charge in [-0.25, -0.2) is 0 Å². The summed E-state index contributed by atoms with van der Waals surface area (Å²) in [7, 11) is 0. The van der Waals surface area contributed by atoms with E-state index in [4.69, 9.17) is 9.40 Å². The van der Waals surface area contributed by atoms with Crippen LogP contribution in [0, 0.1) is 13.8 Å². The molecule has 1 N–H and O–H groups in total. The number of hydrogen-bond donors (Lipinski definition) is 1. The van der Waals surface area contributed by atoms with Crippen LogP contribution in [0.5, 0.6) is 0 Å². The maximum Gasteiger partial charge on any atom is 0.298 e. The number of aromatic nitrogens is 1. The van der Waals surface area contributed by atoms with E-state index in [-0.39, 0.29) is 5.91 Å². The maximum atomic E-state index is 12.7. The molecule has 35 heavy (non-hydrogen) atoms. The van der Waals surface area contributed by atoms with Gasteiger partial charge in [0.05, 0.1) is 6.54 Å². The molecule has 0 unspecified atom stereocenters. The largest absolute Gasteiger partial charge is 0.423 e. The number of nitrogens with one attached hydrogen (secondary N) is 1. The number of anilines is 2. The lowest BCUT2D eigenvalue weighted by atomic mass is 10.1. The fraction of sp³-hybridized carbons (Fsp3) is 0.241. The molecule has 1 saturated heterocycles. The summed E-state index contributed by atoms with van der Waals surface area (Å²) in [5, 5.41) is 3.09. The Balaban J connectivity index is 1.27. The lowest BCUT2D eigenvalue weighted by molar-refractivity contribution is -0.117. The lowest BCUT2D eigenvalue weighted by Gasteiger charge is -2.33. The van der Waals surface area contributed by atoms with E-state index in [2.05, 4.69) is 27.2 Å². The van der Waals surface area contributed by atoms with Gasteiger partial charge < -0.3 is 14.6 Å². The van der Waals surface area contributed by atoms with E-state index in [1.807, 2.05) is 80.6 Å². The summed E-state index contributed by atoms with van der Waals surface area (Å²) >= 11 is 0. The fourth-order valence-corrected chi connectivity index (χ4v) is 4.51. The molecule has 1 aromatic heterocycles. The molecule has 1 amide bonds. The lowest BCUT2D eigenvalue weighted by Crippen LogP contribution is -2.48. The Kier molecular flexibility index (Phi) is 6.64. The van der Waals surface area contributed by atoms with Crippen LogP contribution in [0.3, 0.4) is 0 Å². The Morgan fingerprint density at radius 1 is 0.829 bits per heavy atom. The van der Waals surface area contributed by atoms with Gasteiger partial charge in [0.1, 0.15) is 5.69 Å². The second-order valence-electron chi connectivity index (χ2n) is 8.98. The summed E-state index contributed by atoms with van der Waals surface area (Å²) in [6.45, 7) is 7.45. The van der Waals surface area contributed by atoms with Gasteiger partial charge in [-0.1, -0.05) is 78.9 Å². The highest BCUT2D eigenvalue weighted by Crippen LogP contribution is 2.35. The summed E-state index contributed by atoms with van der Waals surface area (Å²) in [5.74, 6) is 0.798. The van der Waals surface area contributed by atoms with E-state index in [1.165, 1.54) is 0 Å². The van der Waals surface area contributed by atoms with Crippen LogP contribution in [0.4, 0.5) is 11.7 Å². The van der Waals surface area contributed by atoms with Crippen LogP contribution in [-0.2, 0) is 4.79 Å². The van der Waals surface area contributed by atoms with Crippen molar-refractivity contribution < 1.29 is 9.21 Å². The summed E-state index contributed by atoms with van der Waals surface area (Å²) in [5.41, 5.74) is 5.96. The van der Waals surface area contributed by atoms with Gasteiger partial charge in [0, 0.05) is 43.0 Å². The number of hydrogen-bond acceptors (Lipinski definition) is 5. The number of piperazine rings is 1. The minimum atomic E-state index is 0.0182. The zero-order valence-corrected chi connectivity index (χ0v) is 20.2. The van der Waals surface area contributed by atoms with Gasteiger partial charge in [-0.2, -0.15) is 4.98 Å². The smallest absolute Gasteiger partial charge is 0.298 e. The summed E-state index contributed by atoms with van der Waals surface area (Å²) in [6.07, 6.45) is 0. The van der Waals surface area contributed by atoms with Crippen molar-refractivity contribution in [2.45, 2.75) is 13.8 Å². The molecule has 1 fully saturated rings. The third-order valence-corrected chi connectivity index (χ3v) is 6.45. The highest BCUT2D eigenvalue weighted by Gasteiger charge is 2.25. The van der Waals surface area contributed by atoms with Crippen LogP contribution in [0.2, 0.25) is 0 Å². The number of rotatable bonds is 6. The molecule has 0 spiro atoms. The molecule has 0 saturated carbocycles. The first-order valence-electron chi connectivity index (χ1n) is 12.0. The first-order chi connectivity index (χ1) is 17.1. The molecule has 0 aliphatic carbocycles. The van der Waals surface area contributed by atoms with Gasteiger partial charge in [-0.3, -0.25) is 9.69 Å². The highest BCUT2D eigenvalue weighted by atomic mass is 16.4. The van der Waals surface area contributed by atoms with Gasteiger partial charge in [0.2, 0.25) is 5.91 Å². The zero-order chi connectivity index (χ0) is 24.2. The van der Waals surface area contributed by atoms with E-state index in [9.17, 15) is 4.79 Å². The molecule has 0 atom stereocenters. The number of benzene rings is 3. The number of carbonyl (C=O) groups excluding carboxylic acids is 1. The molecule has 178 valence electrons. The molecule has 6 heteroatoms. The summed E-state index contributed by atoms with van der Waals surface area (Å²) in [6, 6.07) is 26.9. The number of aryl methyl sites for hydroxylation is 2. The van der Waals surface area contributed by atoms with Crippen molar-refractivity contribution >= 4 is 17.6 Å². The van der Waals surface area contributed by atoms with E-state index in [1.54, 1.807) is 0 Å². The molecule has 4 aromatic rings. The monoisotopic (exact) mass is 466 g/mol. The number of amides is 1. The molecular weight excluding hydrogens is 436 g/mol. The van der Waals surface area contributed by atoms with Crippen molar-refractivity contribution in [3.63, 3.8) is 0 Å². The standard InChI is InChI=1S/C29H30N4O2/c1-21-10-9-11-22(2)26(21)30-25(34)20-32-16-18-33(19-17-32)29-31-27(23-12-5-3-6-13-23)28(35-29)24-14-7-4-8-15-24/h3-15H,16-20H2,1-2H3,(H,30,34). The second kappa shape index (κ2) is 10.2. The number of oxazole rings is 1. The van der Waals surface area contributed by atoms with Crippen LogP contribution >= 0.6 is 0 Å². The van der Waals surface area contributed by atoms with Crippen molar-refractivity contribution in [1.29, 1.82) is 0 Å². The SMILES string of the molecule is Cc1cccc(C)c1NC(=O)CN1CCN(c2nc(-c3ccccc3)c(-c3ccccc3)o2)CC1. The molecular formula is C29H30N4O2. The third-order valence-electron chi connectivity index (χ3n) is 6.45. The molecule has 6 nitrogen and oxygen atoms in total. The summed E-state index contributed by atoms with van der Waals surface area (Å²) < 4.78 is 6.33. The van der Waals surface area contributed by atoms with Gasteiger partial charge in [-0.15, -0.1) is 0 Å². The van der Waals surface area contributed by atoms with Gasteiger partial charge in [0.25, 0.3) is 6.01 Å². The Bertz CT molecular complexity index is 1220. The molecule has 0 bridgehead atoms. The topological polar surface area (TPSA) is 61.6 Å². The number of nitrogens with zero attached hydrogens (tertiary/aromatic N) is 3. The van der Waals surface area contributed by atoms with Crippen LogP contribution in [0.25, 0.3) is 22.6 Å². The maximum absolute atomic E-state index is 12.7. The minimum Gasteiger partial charge on any atom is -0.423 e. The van der Waals surface area contributed by atoms with E-state index < -0.39 is 0 Å².